The van der Waals surface area contributed by atoms with Crippen LogP contribution in [0.25, 0.3) is 0 Å². The number of halogens is 1. The van der Waals surface area contributed by atoms with E-state index in [1.54, 1.807) is 72.7 Å². The minimum Gasteiger partial charge on any atom is -0.466 e. The number of carbonyl (C=O) groups excluding carboxylic acids is 4. The van der Waals surface area contributed by atoms with Gasteiger partial charge in [0.25, 0.3) is 0 Å². The molecule has 1 aliphatic rings. The van der Waals surface area contributed by atoms with Crippen LogP contribution in [0.3, 0.4) is 0 Å². The highest BCUT2D eigenvalue weighted by Gasteiger charge is 2.52. The van der Waals surface area contributed by atoms with Crippen LogP contribution in [0, 0.1) is 5.92 Å². The summed E-state index contributed by atoms with van der Waals surface area (Å²) >= 11 is 0. The first-order valence-electron chi connectivity index (χ1n) is 15.2. The molecule has 44 heavy (non-hydrogen) atoms. The molecule has 0 unspecified atom stereocenters. The number of aliphatic hydroxyl groups excluding tert-OH is 1. The Balaban J connectivity index is 0.00000968. The van der Waals surface area contributed by atoms with Crippen LogP contribution < -0.4 is 11.1 Å². The van der Waals surface area contributed by atoms with Crippen molar-refractivity contribution >= 4 is 36.3 Å². The largest absolute Gasteiger partial charge is 0.466 e. The number of esters is 2. The Hall–Kier alpha value is -2.89. The molecule has 0 radical (unpaired) electrons. The van der Waals surface area contributed by atoms with Crippen molar-refractivity contribution in [3.63, 3.8) is 0 Å². The minimum absolute atomic E-state index is 0. The number of rotatable bonds is 13. The predicted octanol–water partition coefficient (Wildman–Crippen LogP) is 4.44. The molecule has 4 N–H and O–H groups in total. The molecule has 1 aliphatic heterocycles. The summed E-state index contributed by atoms with van der Waals surface area (Å²) in [6.07, 6.45) is 0.0139. The van der Waals surface area contributed by atoms with E-state index in [9.17, 15) is 24.3 Å². The van der Waals surface area contributed by atoms with Gasteiger partial charge in [-0.15, -0.1) is 12.4 Å². The van der Waals surface area contributed by atoms with Crippen LogP contribution in [-0.2, 0) is 28.6 Å². The second-order valence-electron chi connectivity index (χ2n) is 13.1. The first-order chi connectivity index (χ1) is 20.0. The van der Waals surface area contributed by atoms with Crippen molar-refractivity contribution in [3.8, 4) is 0 Å². The Kier molecular flexibility index (Phi) is 15.1. The Morgan fingerprint density at radius 2 is 1.64 bits per heavy atom. The van der Waals surface area contributed by atoms with Crippen molar-refractivity contribution in [2.75, 3.05) is 19.7 Å². The lowest BCUT2D eigenvalue weighted by Gasteiger charge is -2.40. The number of benzene rings is 1. The Morgan fingerprint density at radius 1 is 1.02 bits per heavy atom. The molecule has 1 aromatic rings. The van der Waals surface area contributed by atoms with E-state index in [0.717, 1.165) is 0 Å². The Morgan fingerprint density at radius 3 is 2.20 bits per heavy atom. The smallest absolute Gasteiger partial charge is 0.407 e. The number of carbonyl (C=O) groups is 4. The van der Waals surface area contributed by atoms with Crippen LogP contribution in [-0.4, -0.2) is 76.4 Å². The van der Waals surface area contributed by atoms with Crippen LogP contribution >= 0.6 is 12.4 Å². The topological polar surface area (TPSA) is 157 Å². The summed E-state index contributed by atoms with van der Waals surface area (Å²) in [6.45, 7) is 12.8. The molecular weight excluding hydrogens is 590 g/mol. The van der Waals surface area contributed by atoms with Crippen LogP contribution in [0.2, 0.25) is 0 Å². The van der Waals surface area contributed by atoms with Crippen molar-refractivity contribution in [1.29, 1.82) is 0 Å². The maximum atomic E-state index is 14.4. The van der Waals surface area contributed by atoms with Crippen molar-refractivity contribution in [2.45, 2.75) is 116 Å². The summed E-state index contributed by atoms with van der Waals surface area (Å²) < 4.78 is 16.2. The van der Waals surface area contributed by atoms with Gasteiger partial charge in [-0.3, -0.25) is 9.59 Å². The molecule has 4 atom stereocenters. The van der Waals surface area contributed by atoms with Gasteiger partial charge >= 0.3 is 18.0 Å². The predicted molar refractivity (Wildman–Crippen MR) is 169 cm³/mol. The molecule has 0 saturated carbocycles. The number of alkyl carbamates (subject to hydrolysis) is 1. The van der Waals surface area contributed by atoms with E-state index in [2.05, 4.69) is 5.32 Å². The van der Waals surface area contributed by atoms with E-state index in [-0.39, 0.29) is 44.9 Å². The van der Waals surface area contributed by atoms with Gasteiger partial charge in [-0.05, 0) is 92.6 Å². The Labute approximate surface area is 267 Å². The van der Waals surface area contributed by atoms with Crippen LogP contribution in [0.1, 0.15) is 98.7 Å². The van der Waals surface area contributed by atoms with Crippen molar-refractivity contribution < 1.29 is 38.5 Å². The maximum Gasteiger partial charge on any atom is 0.407 e. The number of hydrogen-bond acceptors (Lipinski definition) is 9. The van der Waals surface area contributed by atoms with E-state index in [1.807, 2.05) is 6.07 Å². The zero-order chi connectivity index (χ0) is 32.4. The number of unbranched alkanes of at least 4 members (excludes halogenated alkanes) is 1. The molecule has 1 heterocycles. The normalized spacial score (nSPS) is 17.8. The van der Waals surface area contributed by atoms with E-state index in [0.29, 0.717) is 31.2 Å². The first-order valence-corrected chi connectivity index (χ1v) is 15.2. The monoisotopic (exact) mass is 641 g/mol. The van der Waals surface area contributed by atoms with Crippen LogP contribution in [0.5, 0.6) is 0 Å². The number of nitrogens with one attached hydrogen (secondary N) is 1. The van der Waals surface area contributed by atoms with E-state index in [1.165, 1.54) is 4.90 Å². The SMILES string of the molecule is CCOC(=O)[C@@H](C[C@H](O)c1ccccc1)[C@@](N)(CCCCNC(=O)OC(C)(C)C)C(=O)N1CCC[C@H]1C(=O)OC(C)(C)C.Cl. The summed E-state index contributed by atoms with van der Waals surface area (Å²) in [5.41, 5.74) is 4.34. The fourth-order valence-electron chi connectivity index (χ4n) is 5.16. The van der Waals surface area contributed by atoms with Crippen molar-refractivity contribution in [2.24, 2.45) is 11.7 Å². The average molecular weight is 642 g/mol. The summed E-state index contributed by atoms with van der Waals surface area (Å²) in [5, 5.41) is 13.8. The van der Waals surface area contributed by atoms with E-state index >= 15 is 0 Å². The number of amides is 2. The number of ether oxygens (including phenoxy) is 3. The fraction of sp³-hybridized carbons (Fsp3) is 0.688. The summed E-state index contributed by atoms with van der Waals surface area (Å²) in [5.74, 6) is -3.01. The highest BCUT2D eigenvalue weighted by atomic mass is 35.5. The molecule has 250 valence electrons. The van der Waals surface area contributed by atoms with Crippen LogP contribution in [0.4, 0.5) is 4.79 Å². The lowest BCUT2D eigenvalue weighted by molar-refractivity contribution is -0.166. The molecule has 2 amide bonds. The van der Waals surface area contributed by atoms with Gasteiger partial charge in [0.05, 0.1) is 18.6 Å². The highest BCUT2D eigenvalue weighted by molar-refractivity contribution is 5.95. The molecule has 0 bridgehead atoms. The molecule has 0 aliphatic carbocycles. The second kappa shape index (κ2) is 17.0. The molecule has 0 aromatic heterocycles. The van der Waals surface area contributed by atoms with Gasteiger partial charge in [-0.2, -0.15) is 0 Å². The molecule has 11 nitrogen and oxygen atoms in total. The van der Waals surface area contributed by atoms with E-state index in [4.69, 9.17) is 19.9 Å². The number of nitrogens with two attached hydrogens (primary N) is 1. The molecule has 0 spiro atoms. The highest BCUT2D eigenvalue weighted by Crippen LogP contribution is 2.35. The lowest BCUT2D eigenvalue weighted by Crippen LogP contribution is -2.63. The van der Waals surface area contributed by atoms with E-state index < -0.39 is 58.7 Å². The number of likely N-dealkylation sites (tertiary alicyclic amines) is 1. The molecule has 1 fully saturated rings. The lowest BCUT2D eigenvalue weighted by atomic mass is 9.75. The zero-order valence-electron chi connectivity index (χ0n) is 27.2. The standard InChI is InChI=1S/C32H51N3O8.ClH/c1-8-41-26(37)23(21-25(36)22-15-10-9-11-16-22)32(33,18-12-13-19-34-29(40)43-31(5,6)7)28(39)35-20-14-17-24(35)27(38)42-30(2,3)4;/h9-11,15-16,23-25,36H,8,12-14,17-21,33H2,1-7H3,(H,34,40);1H/t23-,24+,25+,32+;/m1./s1. The summed E-state index contributed by atoms with van der Waals surface area (Å²) in [4.78, 5) is 54.4. The molecule has 1 aromatic carbocycles. The van der Waals surface area contributed by atoms with Gasteiger partial charge in [0.2, 0.25) is 5.91 Å². The first kappa shape index (κ1) is 39.1. The molecular formula is C32H52ClN3O8. The Bertz CT molecular complexity index is 1090. The average Bonchev–Trinajstić information content (AvgIpc) is 3.39. The van der Waals surface area contributed by atoms with Gasteiger partial charge in [0, 0.05) is 13.1 Å². The minimum atomic E-state index is -1.81. The third-order valence-corrected chi connectivity index (χ3v) is 7.11. The van der Waals surface area contributed by atoms with Gasteiger partial charge < -0.3 is 35.3 Å². The number of hydrogen-bond donors (Lipinski definition) is 3. The van der Waals surface area contributed by atoms with Crippen LogP contribution in [0.15, 0.2) is 30.3 Å². The fourth-order valence-corrected chi connectivity index (χ4v) is 5.16. The third-order valence-electron chi connectivity index (χ3n) is 7.11. The van der Waals surface area contributed by atoms with Crippen molar-refractivity contribution in [1.82, 2.24) is 10.2 Å². The molecule has 1 saturated heterocycles. The van der Waals surface area contributed by atoms with Gasteiger partial charge in [0.15, 0.2) is 0 Å². The quantitative estimate of drug-likeness (QED) is 0.161. The summed E-state index contributed by atoms with van der Waals surface area (Å²) in [6, 6.07) is 7.97. The van der Waals surface area contributed by atoms with Gasteiger partial charge in [-0.1, -0.05) is 30.3 Å². The maximum absolute atomic E-state index is 14.4. The van der Waals surface area contributed by atoms with Gasteiger partial charge in [-0.25, -0.2) is 9.59 Å². The zero-order valence-corrected chi connectivity index (χ0v) is 28.0. The summed E-state index contributed by atoms with van der Waals surface area (Å²) in [7, 11) is 0. The molecule has 12 heteroatoms. The second-order valence-corrected chi connectivity index (χ2v) is 13.1. The third kappa shape index (κ3) is 11.9. The van der Waals surface area contributed by atoms with Gasteiger partial charge in [0.1, 0.15) is 22.8 Å². The number of aliphatic hydroxyl groups is 1. The molecule has 2 rings (SSSR count). The van der Waals surface area contributed by atoms with Crippen molar-refractivity contribution in [3.05, 3.63) is 35.9 Å². The number of nitrogens with zero attached hydrogens (tertiary/aromatic N) is 1.